The first-order valence-electron chi connectivity index (χ1n) is 10.2. The largest absolute Gasteiger partial charge is 0.489 e. The number of nitrogens with zero attached hydrogens (tertiary/aromatic N) is 3. The molecule has 0 amide bonds. The quantitative estimate of drug-likeness (QED) is 0.799. The molecule has 1 N–H and O–H groups in total. The van der Waals surface area contributed by atoms with Gasteiger partial charge >= 0.3 is 5.97 Å². The number of carbonyl (C=O) groups is 1. The Morgan fingerprint density at radius 2 is 1.93 bits per heavy atom. The molecule has 1 aliphatic carbocycles. The van der Waals surface area contributed by atoms with Crippen molar-refractivity contribution in [2.75, 3.05) is 44.2 Å². The molecule has 2 aromatic rings. The first-order chi connectivity index (χ1) is 14.0. The minimum atomic E-state index is -1.30. The number of pyridine rings is 1. The van der Waals surface area contributed by atoms with E-state index in [1.807, 2.05) is 11.8 Å². The lowest BCUT2D eigenvalue weighted by Gasteiger charge is -2.36. The highest BCUT2D eigenvalue weighted by Gasteiger charge is 2.32. The molecular formula is C21H26FN3O4. The van der Waals surface area contributed by atoms with E-state index in [1.54, 1.807) is 4.57 Å². The van der Waals surface area contributed by atoms with E-state index >= 15 is 4.39 Å². The van der Waals surface area contributed by atoms with Crippen molar-refractivity contribution in [2.24, 2.45) is 0 Å². The van der Waals surface area contributed by atoms with Crippen molar-refractivity contribution >= 4 is 22.6 Å². The summed E-state index contributed by atoms with van der Waals surface area (Å²) >= 11 is 0. The molecule has 29 heavy (non-hydrogen) atoms. The zero-order valence-corrected chi connectivity index (χ0v) is 16.8. The molecule has 0 atom stereocenters. The molecule has 4 rings (SSSR count). The number of anilines is 1. The van der Waals surface area contributed by atoms with Crippen molar-refractivity contribution in [3.05, 3.63) is 33.9 Å². The number of carboxylic acid groups (broad SMARTS) is 1. The lowest BCUT2D eigenvalue weighted by molar-refractivity contribution is 0.0694. The molecule has 8 heteroatoms. The Morgan fingerprint density at radius 3 is 2.48 bits per heavy atom. The summed E-state index contributed by atoms with van der Waals surface area (Å²) in [6, 6.07) is 1.29. The van der Waals surface area contributed by atoms with Crippen LogP contribution in [0.15, 0.2) is 17.1 Å². The van der Waals surface area contributed by atoms with Gasteiger partial charge in [-0.05, 0) is 32.4 Å². The number of rotatable bonds is 6. The number of benzene rings is 1. The fraction of sp³-hybridized carbons (Fsp3) is 0.524. The second kappa shape index (κ2) is 7.67. The van der Waals surface area contributed by atoms with Crippen LogP contribution < -0.4 is 15.1 Å². The van der Waals surface area contributed by atoms with Crippen molar-refractivity contribution in [3.8, 4) is 5.75 Å². The van der Waals surface area contributed by atoms with E-state index in [1.165, 1.54) is 12.3 Å². The second-order valence-electron chi connectivity index (χ2n) is 7.60. The summed E-state index contributed by atoms with van der Waals surface area (Å²) in [6.45, 7) is 8.17. The van der Waals surface area contributed by atoms with Gasteiger partial charge in [0.15, 0.2) is 11.6 Å². The van der Waals surface area contributed by atoms with Gasteiger partial charge in [0.05, 0.1) is 17.5 Å². The van der Waals surface area contributed by atoms with Crippen molar-refractivity contribution in [3.63, 3.8) is 0 Å². The van der Waals surface area contributed by atoms with Gasteiger partial charge in [0.25, 0.3) is 0 Å². The molecule has 0 unspecified atom stereocenters. The summed E-state index contributed by atoms with van der Waals surface area (Å²) in [4.78, 5) is 28.7. The molecule has 1 aromatic carbocycles. The van der Waals surface area contributed by atoms with Crippen molar-refractivity contribution in [1.82, 2.24) is 9.47 Å². The fourth-order valence-electron chi connectivity index (χ4n) is 4.10. The van der Waals surface area contributed by atoms with E-state index in [0.717, 1.165) is 32.5 Å². The molecule has 1 aliphatic heterocycles. The zero-order chi connectivity index (χ0) is 20.7. The maximum atomic E-state index is 15.3. The molecule has 0 radical (unpaired) electrons. The number of aromatic nitrogens is 1. The number of carboxylic acids is 1. The number of halogens is 1. The highest BCUT2D eigenvalue weighted by molar-refractivity contribution is 5.97. The smallest absolute Gasteiger partial charge is 0.341 e. The van der Waals surface area contributed by atoms with Gasteiger partial charge in [-0.15, -0.1) is 0 Å². The fourth-order valence-corrected chi connectivity index (χ4v) is 4.10. The van der Waals surface area contributed by atoms with Crippen LogP contribution in [0.3, 0.4) is 0 Å². The number of aromatic carboxylic acids is 1. The third-order valence-electron chi connectivity index (χ3n) is 5.79. The lowest BCUT2D eigenvalue weighted by Crippen LogP contribution is -2.46. The van der Waals surface area contributed by atoms with E-state index in [9.17, 15) is 14.7 Å². The van der Waals surface area contributed by atoms with Gasteiger partial charge in [-0.2, -0.15) is 0 Å². The molecule has 2 heterocycles. The normalized spacial score (nSPS) is 17.7. The zero-order valence-electron chi connectivity index (χ0n) is 16.8. The van der Waals surface area contributed by atoms with Gasteiger partial charge in [-0.25, -0.2) is 9.18 Å². The minimum absolute atomic E-state index is 0.0636. The van der Waals surface area contributed by atoms with Gasteiger partial charge in [0.2, 0.25) is 5.43 Å². The predicted octanol–water partition coefficient (Wildman–Crippen LogP) is 2.71. The molecule has 2 fully saturated rings. The molecule has 7 nitrogen and oxygen atoms in total. The van der Waals surface area contributed by atoms with Crippen LogP contribution in [0.1, 0.15) is 43.1 Å². The first kappa shape index (κ1) is 19.7. The van der Waals surface area contributed by atoms with Crippen LogP contribution in [0.2, 0.25) is 0 Å². The van der Waals surface area contributed by atoms with Crippen LogP contribution in [0.4, 0.5) is 10.1 Å². The Labute approximate surface area is 168 Å². The van der Waals surface area contributed by atoms with Gasteiger partial charge in [0.1, 0.15) is 11.3 Å². The van der Waals surface area contributed by atoms with E-state index in [-0.39, 0.29) is 17.0 Å². The highest BCUT2D eigenvalue weighted by atomic mass is 19.1. The number of hydrogen-bond donors (Lipinski definition) is 1. The summed E-state index contributed by atoms with van der Waals surface area (Å²) in [5.74, 6) is -1.51. The molecule has 1 saturated heterocycles. The van der Waals surface area contributed by atoms with Gasteiger partial charge in [0, 0.05) is 38.4 Å². The topological polar surface area (TPSA) is 75.0 Å². The lowest BCUT2D eigenvalue weighted by atomic mass is 10.1. The Kier molecular flexibility index (Phi) is 5.21. The van der Waals surface area contributed by atoms with Crippen LogP contribution in [-0.4, -0.2) is 59.9 Å². The third-order valence-corrected chi connectivity index (χ3v) is 5.79. The van der Waals surface area contributed by atoms with Crippen LogP contribution in [0.5, 0.6) is 5.75 Å². The SMILES string of the molecule is CCOc1c(N2CCN(CC)CC2)c(F)cc2c(=O)c(C(=O)O)cn(C3CC3)c12. The monoisotopic (exact) mass is 403 g/mol. The van der Waals surface area contributed by atoms with Gasteiger partial charge in [-0.1, -0.05) is 6.92 Å². The molecular weight excluding hydrogens is 377 g/mol. The Hall–Kier alpha value is -2.61. The minimum Gasteiger partial charge on any atom is -0.489 e. The number of piperazine rings is 1. The summed E-state index contributed by atoms with van der Waals surface area (Å²) in [5, 5.41) is 9.51. The maximum absolute atomic E-state index is 15.3. The number of fused-ring (bicyclic) bond motifs is 1. The molecule has 2 aliphatic rings. The summed E-state index contributed by atoms with van der Waals surface area (Å²) in [5.41, 5.74) is -0.146. The number of likely N-dealkylation sites (N-methyl/N-ethyl adjacent to an activating group) is 1. The van der Waals surface area contributed by atoms with Crippen molar-refractivity contribution < 1.29 is 19.0 Å². The third kappa shape index (κ3) is 3.46. The van der Waals surface area contributed by atoms with Crippen molar-refractivity contribution in [2.45, 2.75) is 32.7 Å². The highest BCUT2D eigenvalue weighted by Crippen LogP contribution is 2.44. The van der Waals surface area contributed by atoms with Crippen LogP contribution in [0.25, 0.3) is 10.9 Å². The number of ether oxygens (including phenoxy) is 1. The van der Waals surface area contributed by atoms with Crippen LogP contribution in [0, 0.1) is 5.82 Å². The van der Waals surface area contributed by atoms with Crippen LogP contribution in [-0.2, 0) is 0 Å². The molecule has 1 aromatic heterocycles. The Bertz CT molecular complexity index is 1010. The molecule has 0 bridgehead atoms. The average Bonchev–Trinajstić information content (AvgIpc) is 3.54. The van der Waals surface area contributed by atoms with Gasteiger partial charge < -0.3 is 24.2 Å². The predicted molar refractivity (Wildman–Crippen MR) is 109 cm³/mol. The molecule has 1 saturated carbocycles. The van der Waals surface area contributed by atoms with E-state index < -0.39 is 17.2 Å². The van der Waals surface area contributed by atoms with E-state index in [0.29, 0.717) is 36.6 Å². The van der Waals surface area contributed by atoms with Crippen LogP contribution >= 0.6 is 0 Å². The first-order valence-corrected chi connectivity index (χ1v) is 10.2. The molecule has 156 valence electrons. The second-order valence-corrected chi connectivity index (χ2v) is 7.60. The summed E-state index contributed by atoms with van der Waals surface area (Å²) < 4.78 is 23.0. The molecule has 0 spiro atoms. The van der Waals surface area contributed by atoms with Crippen molar-refractivity contribution in [1.29, 1.82) is 0 Å². The standard InChI is InChI=1S/C21H26FN3O4/c1-3-23-7-9-24(10-8-23)18-16(22)11-14-17(20(18)29-4-2)25(13-5-6-13)12-15(19(14)26)21(27)28/h11-13H,3-10H2,1-2H3,(H,27,28). The summed E-state index contributed by atoms with van der Waals surface area (Å²) in [6.07, 6.45) is 3.18. The average molecular weight is 403 g/mol. The van der Waals surface area contributed by atoms with E-state index in [2.05, 4.69) is 11.8 Å². The summed E-state index contributed by atoms with van der Waals surface area (Å²) in [7, 11) is 0. The van der Waals surface area contributed by atoms with Gasteiger partial charge in [-0.3, -0.25) is 4.79 Å². The maximum Gasteiger partial charge on any atom is 0.341 e. The number of hydrogen-bond acceptors (Lipinski definition) is 5. The Balaban J connectivity index is 1.96. The Morgan fingerprint density at radius 1 is 1.24 bits per heavy atom. The van der Waals surface area contributed by atoms with E-state index in [4.69, 9.17) is 4.74 Å².